The minimum Gasteiger partial charge on any atom is -0.341 e. The van der Waals surface area contributed by atoms with Crippen molar-refractivity contribution in [2.24, 2.45) is 11.7 Å². The predicted octanol–water partition coefficient (Wildman–Crippen LogP) is 1.41. The first-order valence-corrected chi connectivity index (χ1v) is 6.37. The molecule has 100 valence electrons. The van der Waals surface area contributed by atoms with Crippen LogP contribution >= 0.6 is 0 Å². The first-order chi connectivity index (χ1) is 8.65. The van der Waals surface area contributed by atoms with Crippen LogP contribution in [0.2, 0.25) is 0 Å². The van der Waals surface area contributed by atoms with E-state index in [-0.39, 0.29) is 5.91 Å². The fraction of sp³-hybridized carbons (Fsp3) is 0.769. The van der Waals surface area contributed by atoms with Crippen LogP contribution in [0.5, 0.6) is 0 Å². The van der Waals surface area contributed by atoms with E-state index in [1.165, 1.54) is 0 Å². The zero-order valence-corrected chi connectivity index (χ0v) is 11.1. The molecular weight excluding hydrogens is 228 g/mol. The van der Waals surface area contributed by atoms with Crippen LogP contribution in [0, 0.1) is 28.6 Å². The molecule has 1 amide bonds. The van der Waals surface area contributed by atoms with Gasteiger partial charge in [-0.15, -0.1) is 0 Å². The molecule has 2 N–H and O–H groups in total. The van der Waals surface area contributed by atoms with Crippen molar-refractivity contribution in [2.75, 3.05) is 19.6 Å². The molecule has 0 bridgehead atoms. The molecule has 0 aliphatic heterocycles. The number of carbonyl (C=O) groups excluding carboxylic acids is 1. The summed E-state index contributed by atoms with van der Waals surface area (Å²) in [5.74, 6) is 0.470. The van der Waals surface area contributed by atoms with Gasteiger partial charge < -0.3 is 10.6 Å². The normalized spacial score (nSPS) is 11.3. The molecule has 1 unspecified atom stereocenters. The summed E-state index contributed by atoms with van der Waals surface area (Å²) >= 11 is 0. The van der Waals surface area contributed by atoms with Gasteiger partial charge in [0, 0.05) is 19.5 Å². The lowest BCUT2D eigenvalue weighted by molar-refractivity contribution is -0.131. The highest BCUT2D eigenvalue weighted by atomic mass is 16.2. The van der Waals surface area contributed by atoms with E-state index in [9.17, 15) is 4.79 Å². The summed E-state index contributed by atoms with van der Waals surface area (Å²) in [5.41, 5.74) is 5.46. The minimum atomic E-state index is 0.0318. The number of hydrogen-bond acceptors (Lipinski definition) is 4. The number of nitrogens with two attached hydrogens (primary N) is 1. The number of nitrogens with zero attached hydrogens (tertiary/aromatic N) is 3. The zero-order valence-electron chi connectivity index (χ0n) is 11.1. The van der Waals surface area contributed by atoms with Crippen molar-refractivity contribution in [3.05, 3.63) is 0 Å². The molecule has 0 spiro atoms. The summed E-state index contributed by atoms with van der Waals surface area (Å²) in [4.78, 5) is 13.6. The van der Waals surface area contributed by atoms with Gasteiger partial charge in [-0.2, -0.15) is 10.5 Å². The van der Waals surface area contributed by atoms with Crippen molar-refractivity contribution >= 4 is 5.91 Å². The summed E-state index contributed by atoms with van der Waals surface area (Å²) < 4.78 is 0. The van der Waals surface area contributed by atoms with Gasteiger partial charge in [-0.25, -0.2) is 0 Å². The maximum atomic E-state index is 11.9. The van der Waals surface area contributed by atoms with E-state index >= 15 is 0 Å². The van der Waals surface area contributed by atoms with Gasteiger partial charge in [0.05, 0.1) is 25.0 Å². The molecule has 0 aliphatic rings. The molecule has 0 heterocycles. The van der Waals surface area contributed by atoms with E-state index in [1.54, 1.807) is 4.90 Å². The second kappa shape index (κ2) is 10.6. The average Bonchev–Trinajstić information content (AvgIpc) is 2.36. The molecular formula is C13H22N4O. The second-order valence-corrected chi connectivity index (χ2v) is 4.42. The Labute approximate surface area is 109 Å². The molecule has 18 heavy (non-hydrogen) atoms. The van der Waals surface area contributed by atoms with Gasteiger partial charge in [-0.3, -0.25) is 4.79 Å². The van der Waals surface area contributed by atoms with Crippen LogP contribution in [0.3, 0.4) is 0 Å². The number of carbonyl (C=O) groups is 1. The third-order valence-electron chi connectivity index (χ3n) is 2.85. The molecule has 0 aromatic carbocycles. The lowest BCUT2D eigenvalue weighted by Gasteiger charge is -2.21. The molecule has 1 atom stereocenters. The topological polar surface area (TPSA) is 93.9 Å². The lowest BCUT2D eigenvalue weighted by Crippen LogP contribution is -2.32. The molecule has 0 aliphatic carbocycles. The number of amides is 1. The molecule has 0 saturated heterocycles. The van der Waals surface area contributed by atoms with Gasteiger partial charge in [0.2, 0.25) is 5.91 Å². The third-order valence-corrected chi connectivity index (χ3v) is 2.85. The van der Waals surface area contributed by atoms with Crippen LogP contribution in [0.1, 0.15) is 39.0 Å². The van der Waals surface area contributed by atoms with Gasteiger partial charge in [-0.05, 0) is 25.3 Å². The summed E-state index contributed by atoms with van der Waals surface area (Å²) in [6.45, 7) is 3.56. The Morgan fingerprint density at radius 3 is 2.22 bits per heavy atom. The average molecular weight is 250 g/mol. The first-order valence-electron chi connectivity index (χ1n) is 6.37. The first kappa shape index (κ1) is 16.4. The van der Waals surface area contributed by atoms with Gasteiger partial charge >= 0.3 is 0 Å². The Morgan fingerprint density at radius 1 is 1.22 bits per heavy atom. The number of rotatable bonds is 9. The quantitative estimate of drug-likeness (QED) is 0.669. The third kappa shape index (κ3) is 7.65. The zero-order chi connectivity index (χ0) is 13.8. The standard InChI is InChI=1S/C13H22N4O/c1-12(6-9-16)4-5-13(18)17(10-2-7-14)11-3-8-15/h12H,2-6,9-11,16H2,1H3. The van der Waals surface area contributed by atoms with E-state index in [0.29, 0.717) is 44.8 Å². The largest absolute Gasteiger partial charge is 0.341 e. The molecule has 0 aromatic rings. The van der Waals surface area contributed by atoms with E-state index in [2.05, 4.69) is 6.92 Å². The fourth-order valence-corrected chi connectivity index (χ4v) is 1.69. The number of hydrogen-bond donors (Lipinski definition) is 1. The lowest BCUT2D eigenvalue weighted by atomic mass is 10.0. The van der Waals surface area contributed by atoms with Crippen molar-refractivity contribution in [2.45, 2.75) is 39.0 Å². The van der Waals surface area contributed by atoms with Crippen molar-refractivity contribution < 1.29 is 4.79 Å². The van der Waals surface area contributed by atoms with Gasteiger partial charge in [-0.1, -0.05) is 6.92 Å². The molecule has 5 heteroatoms. The van der Waals surface area contributed by atoms with Crippen molar-refractivity contribution in [3.63, 3.8) is 0 Å². The van der Waals surface area contributed by atoms with E-state index in [0.717, 1.165) is 12.8 Å². The van der Waals surface area contributed by atoms with E-state index in [4.69, 9.17) is 16.3 Å². The van der Waals surface area contributed by atoms with Crippen LogP contribution in [-0.2, 0) is 4.79 Å². The highest BCUT2D eigenvalue weighted by Gasteiger charge is 2.14. The Balaban J connectivity index is 4.12. The van der Waals surface area contributed by atoms with E-state index < -0.39 is 0 Å². The monoisotopic (exact) mass is 250 g/mol. The Morgan fingerprint density at radius 2 is 1.78 bits per heavy atom. The maximum absolute atomic E-state index is 11.9. The summed E-state index contributed by atoms with van der Waals surface area (Å²) in [6, 6.07) is 4.04. The molecule has 0 radical (unpaired) electrons. The maximum Gasteiger partial charge on any atom is 0.222 e. The second-order valence-electron chi connectivity index (χ2n) is 4.42. The fourth-order valence-electron chi connectivity index (χ4n) is 1.69. The Hall–Kier alpha value is -1.59. The molecule has 5 nitrogen and oxygen atoms in total. The van der Waals surface area contributed by atoms with Crippen LogP contribution in [0.4, 0.5) is 0 Å². The molecule has 0 rings (SSSR count). The van der Waals surface area contributed by atoms with Gasteiger partial charge in [0.25, 0.3) is 0 Å². The van der Waals surface area contributed by atoms with Crippen molar-refractivity contribution in [3.8, 4) is 12.1 Å². The highest BCUT2D eigenvalue weighted by molar-refractivity contribution is 5.76. The van der Waals surface area contributed by atoms with Gasteiger partial charge in [0.15, 0.2) is 0 Å². The number of nitriles is 2. The van der Waals surface area contributed by atoms with Crippen LogP contribution in [0.25, 0.3) is 0 Å². The Bertz CT molecular complexity index is 298. The van der Waals surface area contributed by atoms with Crippen LogP contribution in [0.15, 0.2) is 0 Å². The molecule has 0 fully saturated rings. The smallest absolute Gasteiger partial charge is 0.222 e. The summed E-state index contributed by atoms with van der Waals surface area (Å²) in [5, 5.41) is 17.1. The minimum absolute atomic E-state index is 0.0318. The Kier molecular flexibility index (Phi) is 9.62. The SMILES string of the molecule is CC(CCN)CCC(=O)N(CCC#N)CCC#N. The van der Waals surface area contributed by atoms with Crippen molar-refractivity contribution in [1.29, 1.82) is 10.5 Å². The molecule has 0 aromatic heterocycles. The van der Waals surface area contributed by atoms with Gasteiger partial charge in [0.1, 0.15) is 0 Å². The summed E-state index contributed by atoms with van der Waals surface area (Å²) in [6.07, 6.45) is 2.83. The van der Waals surface area contributed by atoms with Crippen LogP contribution in [-0.4, -0.2) is 30.4 Å². The van der Waals surface area contributed by atoms with E-state index in [1.807, 2.05) is 12.1 Å². The highest BCUT2D eigenvalue weighted by Crippen LogP contribution is 2.11. The van der Waals surface area contributed by atoms with Crippen LogP contribution < -0.4 is 5.73 Å². The molecule has 0 saturated carbocycles. The van der Waals surface area contributed by atoms with Crippen molar-refractivity contribution in [1.82, 2.24) is 4.90 Å². The summed E-state index contributed by atoms with van der Waals surface area (Å²) in [7, 11) is 0. The predicted molar refractivity (Wildman–Crippen MR) is 69.1 cm³/mol.